The molecule has 3 rings (SSSR count). The largest absolute Gasteiger partial charge is 0.417 e. The van der Waals surface area contributed by atoms with Crippen molar-refractivity contribution in [3.63, 3.8) is 0 Å². The van der Waals surface area contributed by atoms with Gasteiger partial charge in [0.2, 0.25) is 0 Å². The third-order valence-corrected chi connectivity index (χ3v) is 6.69. The van der Waals surface area contributed by atoms with E-state index in [4.69, 9.17) is 16.3 Å². The molecule has 0 aliphatic heterocycles. The number of fused-ring (bicyclic) bond motifs is 1. The lowest BCUT2D eigenvalue weighted by Gasteiger charge is -2.30. The van der Waals surface area contributed by atoms with Crippen LogP contribution in [0.4, 0.5) is 17.6 Å². The smallest absolute Gasteiger partial charge is 0.393 e. The molecule has 1 aliphatic rings. The second kappa shape index (κ2) is 9.03. The number of aliphatic hydroxyl groups excluding tert-OH is 2. The molecule has 6 nitrogen and oxygen atoms in total. The van der Waals surface area contributed by atoms with Crippen LogP contribution in [0.3, 0.4) is 0 Å². The molecule has 1 aliphatic carbocycles. The summed E-state index contributed by atoms with van der Waals surface area (Å²) in [6.07, 6.45) is -7.10. The highest BCUT2D eigenvalue weighted by Gasteiger charge is 2.39. The number of hydrogen-bond donors (Lipinski definition) is 3. The topological polar surface area (TPSA) is 104 Å². The van der Waals surface area contributed by atoms with E-state index in [1.54, 1.807) is 0 Å². The zero-order chi connectivity index (χ0) is 24.0. The first kappa shape index (κ1) is 25.1. The Morgan fingerprint density at radius 2 is 1.78 bits per heavy atom. The minimum atomic E-state index is -5.12. The van der Waals surface area contributed by atoms with Crippen molar-refractivity contribution in [2.75, 3.05) is 6.61 Å². The van der Waals surface area contributed by atoms with Crippen molar-refractivity contribution < 1.29 is 45.5 Å². The van der Waals surface area contributed by atoms with Gasteiger partial charge in [0.15, 0.2) is 5.82 Å². The molecule has 0 amide bonds. The maximum Gasteiger partial charge on any atom is 0.417 e. The van der Waals surface area contributed by atoms with Crippen LogP contribution in [0.2, 0.25) is 5.02 Å². The summed E-state index contributed by atoms with van der Waals surface area (Å²) >= 11 is 5.64. The van der Waals surface area contributed by atoms with Crippen molar-refractivity contribution in [3.8, 4) is 0 Å². The second-order valence-electron chi connectivity index (χ2n) is 7.95. The summed E-state index contributed by atoms with van der Waals surface area (Å²) in [5, 5.41) is 17.2. The lowest BCUT2D eigenvalue weighted by atomic mass is 9.86. The van der Waals surface area contributed by atoms with E-state index in [9.17, 15) is 40.7 Å². The van der Waals surface area contributed by atoms with Crippen molar-refractivity contribution in [2.45, 2.75) is 55.6 Å². The minimum absolute atomic E-state index is 0.110. The zero-order valence-electron chi connectivity index (χ0n) is 16.7. The van der Waals surface area contributed by atoms with Crippen LogP contribution >= 0.6 is 11.6 Å². The molecule has 0 bridgehead atoms. The Kier molecular flexibility index (Phi) is 7.09. The van der Waals surface area contributed by atoms with Crippen LogP contribution in [0.5, 0.6) is 0 Å². The molecular formula is C20H21ClF4O6S. The summed E-state index contributed by atoms with van der Waals surface area (Å²) in [6, 6.07) is 2.24. The first-order valence-electron chi connectivity index (χ1n) is 9.67. The van der Waals surface area contributed by atoms with Crippen molar-refractivity contribution in [1.29, 1.82) is 0 Å². The monoisotopic (exact) mass is 500 g/mol. The van der Waals surface area contributed by atoms with Crippen LogP contribution < -0.4 is 0 Å². The Hall–Kier alpha value is -1.50. The average molecular weight is 501 g/mol. The fourth-order valence-electron chi connectivity index (χ4n) is 4.16. The molecule has 0 aromatic heterocycles. The standard InChI is InChI=1S/C20H21ClF4O6S/c1-9(31-8-10-4-11(26)6-12(27)5-10)14-7-16(32(28,29)30)17-13(18(14)20(23,24)25)2-3-15(21)19(17)22/h2-3,7,9-12,26-27H,4-6,8H2,1H3,(H,28,29,30). The first-order chi connectivity index (χ1) is 14.7. The summed E-state index contributed by atoms with van der Waals surface area (Å²) in [4.78, 5) is -1.06. The maximum absolute atomic E-state index is 14.6. The molecule has 2 aromatic rings. The van der Waals surface area contributed by atoms with E-state index in [1.807, 2.05) is 0 Å². The van der Waals surface area contributed by atoms with Gasteiger partial charge in [-0.05, 0) is 55.2 Å². The molecule has 0 heterocycles. The fourth-order valence-corrected chi connectivity index (χ4v) is 5.05. The molecule has 12 heteroatoms. The van der Waals surface area contributed by atoms with Crippen molar-refractivity contribution in [3.05, 3.63) is 40.2 Å². The van der Waals surface area contributed by atoms with Gasteiger partial charge < -0.3 is 14.9 Å². The third kappa shape index (κ3) is 5.18. The average Bonchev–Trinajstić information content (AvgIpc) is 2.65. The minimum Gasteiger partial charge on any atom is -0.393 e. The van der Waals surface area contributed by atoms with Gasteiger partial charge in [0.05, 0.1) is 35.5 Å². The molecule has 0 saturated heterocycles. The number of rotatable bonds is 5. The molecule has 178 valence electrons. The molecule has 3 unspecified atom stereocenters. The summed E-state index contributed by atoms with van der Waals surface area (Å²) < 4.78 is 95.5. The van der Waals surface area contributed by atoms with Gasteiger partial charge in [-0.1, -0.05) is 17.7 Å². The molecule has 3 atom stereocenters. The first-order valence-corrected chi connectivity index (χ1v) is 11.5. The molecule has 32 heavy (non-hydrogen) atoms. The molecule has 0 spiro atoms. The SMILES string of the molecule is CC(OCC1CC(O)CC(O)C1)c1cc(S(=O)(=O)O)c2c(F)c(Cl)ccc2c1C(F)(F)F. The Balaban J connectivity index is 2.12. The van der Waals surface area contributed by atoms with Crippen LogP contribution in [0.1, 0.15) is 43.4 Å². The summed E-state index contributed by atoms with van der Waals surface area (Å²) in [7, 11) is -5.12. The van der Waals surface area contributed by atoms with Gasteiger partial charge >= 0.3 is 6.18 Å². The number of hydrogen-bond acceptors (Lipinski definition) is 5. The molecule has 2 aromatic carbocycles. The van der Waals surface area contributed by atoms with Gasteiger partial charge in [0.25, 0.3) is 10.1 Å². The second-order valence-corrected chi connectivity index (χ2v) is 9.75. The number of benzene rings is 2. The van der Waals surface area contributed by atoms with Gasteiger partial charge in [0.1, 0.15) is 4.90 Å². The number of aliphatic hydroxyl groups is 2. The van der Waals surface area contributed by atoms with E-state index >= 15 is 0 Å². The maximum atomic E-state index is 14.6. The predicted molar refractivity (Wildman–Crippen MR) is 107 cm³/mol. The van der Waals surface area contributed by atoms with Crippen LogP contribution in [-0.2, 0) is 21.0 Å². The highest BCUT2D eigenvalue weighted by atomic mass is 35.5. The number of alkyl halides is 3. The lowest BCUT2D eigenvalue weighted by Crippen LogP contribution is -2.32. The van der Waals surface area contributed by atoms with Crippen LogP contribution in [0.15, 0.2) is 23.1 Å². The Bertz CT molecular complexity index is 1110. The van der Waals surface area contributed by atoms with Gasteiger partial charge in [-0.3, -0.25) is 4.55 Å². The van der Waals surface area contributed by atoms with E-state index in [1.165, 1.54) is 6.92 Å². The zero-order valence-corrected chi connectivity index (χ0v) is 18.3. The Morgan fingerprint density at radius 1 is 1.19 bits per heavy atom. The lowest BCUT2D eigenvalue weighted by molar-refractivity contribution is -0.138. The Labute approximate surface area is 186 Å². The summed E-state index contributed by atoms with van der Waals surface area (Å²) in [6.45, 7) is 1.15. The predicted octanol–water partition coefficient (Wildman–Crippen LogP) is 4.50. The van der Waals surface area contributed by atoms with E-state index in [0.29, 0.717) is 6.07 Å². The Morgan fingerprint density at radius 3 is 2.31 bits per heavy atom. The van der Waals surface area contributed by atoms with E-state index in [0.717, 1.165) is 12.1 Å². The normalized spacial score (nSPS) is 23.5. The van der Waals surface area contributed by atoms with Crippen molar-refractivity contribution in [1.82, 2.24) is 0 Å². The highest BCUT2D eigenvalue weighted by molar-refractivity contribution is 7.86. The number of halogens is 5. The van der Waals surface area contributed by atoms with Gasteiger partial charge in [-0.2, -0.15) is 21.6 Å². The summed E-state index contributed by atoms with van der Waals surface area (Å²) in [5.74, 6) is -1.74. The van der Waals surface area contributed by atoms with E-state index < -0.39 is 72.2 Å². The molecule has 0 radical (unpaired) electrons. The molecular weight excluding hydrogens is 480 g/mol. The van der Waals surface area contributed by atoms with Crippen LogP contribution in [0, 0.1) is 11.7 Å². The van der Waals surface area contributed by atoms with Crippen molar-refractivity contribution >= 4 is 32.5 Å². The summed E-state index contributed by atoms with van der Waals surface area (Å²) in [5.41, 5.74) is -1.93. The van der Waals surface area contributed by atoms with Crippen LogP contribution in [0.25, 0.3) is 10.8 Å². The van der Waals surface area contributed by atoms with Crippen LogP contribution in [-0.4, -0.2) is 42.0 Å². The van der Waals surface area contributed by atoms with E-state index in [2.05, 4.69) is 0 Å². The van der Waals surface area contributed by atoms with Gasteiger partial charge in [-0.15, -0.1) is 0 Å². The fraction of sp³-hybridized carbons (Fsp3) is 0.500. The van der Waals surface area contributed by atoms with E-state index in [-0.39, 0.29) is 31.8 Å². The molecule has 1 fully saturated rings. The number of ether oxygens (including phenoxy) is 1. The molecule has 3 N–H and O–H groups in total. The highest BCUT2D eigenvalue weighted by Crippen LogP contribution is 2.44. The van der Waals surface area contributed by atoms with Gasteiger partial charge in [0, 0.05) is 5.39 Å². The van der Waals surface area contributed by atoms with Gasteiger partial charge in [-0.25, -0.2) is 4.39 Å². The van der Waals surface area contributed by atoms with Crippen molar-refractivity contribution in [2.24, 2.45) is 5.92 Å². The molecule has 1 saturated carbocycles. The third-order valence-electron chi connectivity index (χ3n) is 5.52. The quantitative estimate of drug-likeness (QED) is 0.412.